The molecule has 0 aliphatic rings. The summed E-state index contributed by atoms with van der Waals surface area (Å²) in [7, 11) is 0. The van der Waals surface area contributed by atoms with Gasteiger partial charge in [-0.05, 0) is 57.5 Å². The van der Waals surface area contributed by atoms with Crippen molar-refractivity contribution in [2.45, 2.75) is 40.3 Å². The lowest BCUT2D eigenvalue weighted by Gasteiger charge is -2.11. The molecule has 4 rings (SSSR count). The molecule has 0 amide bonds. The van der Waals surface area contributed by atoms with Gasteiger partial charge in [-0.15, -0.1) is 0 Å². The average molecular weight is 436 g/mol. The van der Waals surface area contributed by atoms with Crippen LogP contribution in [0, 0.1) is 19.7 Å². The Hall–Kier alpha value is -3.88. The quantitative estimate of drug-likeness (QED) is 0.434. The van der Waals surface area contributed by atoms with Crippen LogP contribution in [0.5, 0.6) is 0 Å². The Morgan fingerprint density at radius 2 is 1.97 bits per heavy atom. The summed E-state index contributed by atoms with van der Waals surface area (Å²) in [6, 6.07) is 9.46. The molecule has 9 heteroatoms. The first-order chi connectivity index (χ1) is 15.3. The van der Waals surface area contributed by atoms with Crippen LogP contribution in [0.3, 0.4) is 0 Å². The number of aryl methyl sites for hydroxylation is 3. The number of carbonyl (C=O) groups excluding carboxylic acids is 1. The SMILES string of the molecule is CCn1c(=O)c(C)nc2cc(C(=O)OC(C)c3nc(-c4ccc(C)c(F)c4)no3)ccc21. The van der Waals surface area contributed by atoms with Crippen molar-refractivity contribution in [2.24, 2.45) is 0 Å². The summed E-state index contributed by atoms with van der Waals surface area (Å²) >= 11 is 0. The molecule has 2 aromatic carbocycles. The molecule has 0 radical (unpaired) electrons. The number of hydrogen-bond acceptors (Lipinski definition) is 7. The summed E-state index contributed by atoms with van der Waals surface area (Å²) in [4.78, 5) is 33.4. The van der Waals surface area contributed by atoms with Gasteiger partial charge in [-0.3, -0.25) is 4.79 Å². The van der Waals surface area contributed by atoms with E-state index in [0.29, 0.717) is 34.4 Å². The molecule has 1 unspecified atom stereocenters. The van der Waals surface area contributed by atoms with E-state index in [1.807, 2.05) is 6.92 Å². The van der Waals surface area contributed by atoms with Crippen LogP contribution in [0.2, 0.25) is 0 Å². The molecule has 0 spiro atoms. The third-order valence-corrected chi connectivity index (χ3v) is 5.16. The number of carbonyl (C=O) groups is 1. The molecule has 0 aliphatic carbocycles. The second-order valence-electron chi connectivity index (χ2n) is 7.42. The molecule has 0 saturated heterocycles. The minimum atomic E-state index is -0.825. The lowest BCUT2D eigenvalue weighted by molar-refractivity contribution is 0.0265. The Balaban J connectivity index is 1.55. The van der Waals surface area contributed by atoms with Crippen LogP contribution >= 0.6 is 0 Å². The number of halogens is 1. The van der Waals surface area contributed by atoms with Crippen molar-refractivity contribution in [2.75, 3.05) is 0 Å². The number of ether oxygens (including phenoxy) is 1. The van der Waals surface area contributed by atoms with Crippen molar-refractivity contribution in [1.82, 2.24) is 19.7 Å². The van der Waals surface area contributed by atoms with Gasteiger partial charge in [0.15, 0.2) is 6.10 Å². The number of hydrogen-bond donors (Lipinski definition) is 0. The van der Waals surface area contributed by atoms with Gasteiger partial charge < -0.3 is 13.8 Å². The monoisotopic (exact) mass is 436 g/mol. The highest BCUT2D eigenvalue weighted by molar-refractivity contribution is 5.93. The first-order valence-corrected chi connectivity index (χ1v) is 10.1. The van der Waals surface area contributed by atoms with E-state index in [2.05, 4.69) is 15.1 Å². The number of esters is 1. The Kier molecular flexibility index (Phi) is 5.56. The first kappa shape index (κ1) is 21.4. The highest BCUT2D eigenvalue weighted by Crippen LogP contribution is 2.23. The highest BCUT2D eigenvalue weighted by Gasteiger charge is 2.21. The molecular formula is C23H21FN4O4. The normalized spacial score (nSPS) is 12.2. The van der Waals surface area contributed by atoms with Crippen LogP contribution in [0.25, 0.3) is 22.4 Å². The molecule has 8 nitrogen and oxygen atoms in total. The van der Waals surface area contributed by atoms with Gasteiger partial charge in [-0.1, -0.05) is 17.3 Å². The molecular weight excluding hydrogens is 415 g/mol. The largest absolute Gasteiger partial charge is 0.449 e. The standard InChI is InChI=1S/C23H21FN4O4/c1-5-28-19-9-8-16(11-18(19)25-13(3)22(28)29)23(30)31-14(4)21-26-20(27-32-21)15-7-6-12(2)17(24)10-15/h6-11,14H,5H2,1-4H3. The maximum Gasteiger partial charge on any atom is 0.338 e. The van der Waals surface area contributed by atoms with Gasteiger partial charge in [0.1, 0.15) is 11.5 Å². The molecule has 164 valence electrons. The zero-order valence-electron chi connectivity index (χ0n) is 18.0. The smallest absolute Gasteiger partial charge is 0.338 e. The third kappa shape index (κ3) is 3.89. The first-order valence-electron chi connectivity index (χ1n) is 10.1. The Morgan fingerprint density at radius 1 is 1.19 bits per heavy atom. The van der Waals surface area contributed by atoms with E-state index in [9.17, 15) is 14.0 Å². The molecule has 32 heavy (non-hydrogen) atoms. The molecule has 0 aliphatic heterocycles. The average Bonchev–Trinajstić information content (AvgIpc) is 3.27. The van der Waals surface area contributed by atoms with Crippen LogP contribution in [0.1, 0.15) is 47.5 Å². The van der Waals surface area contributed by atoms with Gasteiger partial charge in [0.2, 0.25) is 5.82 Å². The summed E-state index contributed by atoms with van der Waals surface area (Å²) in [6.07, 6.45) is -0.825. The van der Waals surface area contributed by atoms with E-state index in [1.54, 1.807) is 55.7 Å². The van der Waals surface area contributed by atoms with Gasteiger partial charge in [0, 0.05) is 12.1 Å². The lowest BCUT2D eigenvalue weighted by Crippen LogP contribution is -2.23. The minimum Gasteiger partial charge on any atom is -0.449 e. The minimum absolute atomic E-state index is 0.0870. The van der Waals surface area contributed by atoms with E-state index in [0.717, 1.165) is 0 Å². The zero-order chi connectivity index (χ0) is 23.0. The van der Waals surface area contributed by atoms with E-state index in [4.69, 9.17) is 9.26 Å². The fourth-order valence-electron chi connectivity index (χ4n) is 3.34. The Labute approximate surface area is 182 Å². The van der Waals surface area contributed by atoms with E-state index < -0.39 is 12.1 Å². The van der Waals surface area contributed by atoms with E-state index in [1.165, 1.54) is 6.07 Å². The van der Waals surface area contributed by atoms with Crippen molar-refractivity contribution >= 4 is 17.0 Å². The predicted molar refractivity (Wildman–Crippen MR) is 115 cm³/mol. The van der Waals surface area contributed by atoms with E-state index >= 15 is 0 Å². The Morgan fingerprint density at radius 3 is 2.69 bits per heavy atom. The molecule has 0 fully saturated rings. The van der Waals surface area contributed by atoms with Gasteiger partial charge in [-0.25, -0.2) is 14.2 Å². The molecule has 4 aromatic rings. The fraction of sp³-hybridized carbons (Fsp3) is 0.261. The van der Waals surface area contributed by atoms with Crippen molar-refractivity contribution in [3.63, 3.8) is 0 Å². The van der Waals surface area contributed by atoms with Crippen molar-refractivity contribution in [1.29, 1.82) is 0 Å². The van der Waals surface area contributed by atoms with E-state index in [-0.39, 0.29) is 28.7 Å². The van der Waals surface area contributed by atoms with Crippen LogP contribution < -0.4 is 5.56 Å². The van der Waals surface area contributed by atoms with Crippen molar-refractivity contribution in [3.8, 4) is 11.4 Å². The van der Waals surface area contributed by atoms with Crippen LogP contribution in [0.4, 0.5) is 4.39 Å². The van der Waals surface area contributed by atoms with Crippen molar-refractivity contribution < 1.29 is 18.4 Å². The number of fused-ring (bicyclic) bond motifs is 1. The molecule has 2 aromatic heterocycles. The highest BCUT2D eigenvalue weighted by atomic mass is 19.1. The van der Waals surface area contributed by atoms with Gasteiger partial charge in [-0.2, -0.15) is 4.98 Å². The third-order valence-electron chi connectivity index (χ3n) is 5.16. The maximum atomic E-state index is 13.8. The molecule has 1 atom stereocenters. The maximum absolute atomic E-state index is 13.8. The fourth-order valence-corrected chi connectivity index (χ4v) is 3.34. The number of aromatic nitrogens is 4. The topological polar surface area (TPSA) is 100 Å². The Bertz CT molecular complexity index is 1390. The summed E-state index contributed by atoms with van der Waals surface area (Å²) in [6.45, 7) is 7.25. The summed E-state index contributed by atoms with van der Waals surface area (Å²) in [5, 5.41) is 3.85. The second kappa shape index (κ2) is 8.33. The number of rotatable bonds is 5. The predicted octanol–water partition coefficient (Wildman–Crippen LogP) is 4.14. The molecule has 2 heterocycles. The second-order valence-corrected chi connectivity index (χ2v) is 7.42. The summed E-state index contributed by atoms with van der Waals surface area (Å²) < 4.78 is 26.1. The number of nitrogens with zero attached hydrogens (tertiary/aromatic N) is 4. The van der Waals surface area contributed by atoms with Gasteiger partial charge in [0.05, 0.1) is 16.6 Å². The molecule has 0 saturated carbocycles. The van der Waals surface area contributed by atoms with Crippen LogP contribution in [-0.2, 0) is 11.3 Å². The number of benzene rings is 2. The van der Waals surface area contributed by atoms with Crippen molar-refractivity contribution in [3.05, 3.63) is 75.3 Å². The zero-order valence-corrected chi connectivity index (χ0v) is 18.0. The summed E-state index contributed by atoms with van der Waals surface area (Å²) in [5.41, 5.74) is 2.59. The van der Waals surface area contributed by atoms with Gasteiger partial charge in [0.25, 0.3) is 11.4 Å². The summed E-state index contributed by atoms with van der Waals surface area (Å²) in [5.74, 6) is -0.690. The van der Waals surface area contributed by atoms with Crippen LogP contribution in [0.15, 0.2) is 45.7 Å². The lowest BCUT2D eigenvalue weighted by atomic mass is 10.1. The van der Waals surface area contributed by atoms with Crippen LogP contribution in [-0.4, -0.2) is 25.7 Å². The van der Waals surface area contributed by atoms with Gasteiger partial charge >= 0.3 is 5.97 Å². The molecule has 0 bridgehead atoms. The molecule has 0 N–H and O–H groups in total.